The molecular weight excluding hydrogens is 466 g/mol. The van der Waals surface area contributed by atoms with E-state index in [-0.39, 0.29) is 34.6 Å². The van der Waals surface area contributed by atoms with Gasteiger partial charge in [-0.2, -0.15) is 0 Å². The molecule has 8 heteroatoms. The number of piperidine rings is 1. The summed E-state index contributed by atoms with van der Waals surface area (Å²) in [6.45, 7) is 16.2. The van der Waals surface area contributed by atoms with Crippen molar-refractivity contribution in [1.82, 2.24) is 15.2 Å². The molecule has 1 fully saturated rings. The van der Waals surface area contributed by atoms with Crippen molar-refractivity contribution in [1.29, 1.82) is 0 Å². The Kier molecular flexibility index (Phi) is 16.6. The second-order valence-electron chi connectivity index (χ2n) is 10.0. The smallest absolute Gasteiger partial charge is 0.217 e. The van der Waals surface area contributed by atoms with Crippen LogP contribution in [0, 0.1) is 17.3 Å². The molecule has 1 aliphatic carbocycles. The van der Waals surface area contributed by atoms with Gasteiger partial charge < -0.3 is 31.4 Å². The highest BCUT2D eigenvalue weighted by molar-refractivity contribution is 6.22. The zero-order valence-electron chi connectivity index (χ0n) is 21.4. The van der Waals surface area contributed by atoms with Gasteiger partial charge in [-0.05, 0) is 55.2 Å². The molecule has 3 rings (SSSR count). The topological polar surface area (TPSA) is 132 Å². The summed E-state index contributed by atoms with van der Waals surface area (Å²) in [5.74, 6) is 1.91. The maximum atomic E-state index is 6.24. The first-order valence-corrected chi connectivity index (χ1v) is 12.3. The minimum atomic E-state index is 0. The molecule has 1 aromatic heterocycles. The second kappa shape index (κ2) is 16.3. The molecule has 7 N–H and O–H groups in total. The van der Waals surface area contributed by atoms with Crippen LogP contribution in [0.2, 0.25) is 0 Å². The van der Waals surface area contributed by atoms with Gasteiger partial charge >= 0.3 is 0 Å². The summed E-state index contributed by atoms with van der Waals surface area (Å²) in [5, 5.41) is 3.95. The summed E-state index contributed by atoms with van der Waals surface area (Å²) in [4.78, 5) is 7.04. The molecule has 1 aromatic rings. The normalized spacial score (nSPS) is 22.0. The number of allylic oxidation sites excluding steroid dienone is 4. The Morgan fingerprint density at radius 3 is 2.54 bits per heavy atom. The lowest BCUT2D eigenvalue weighted by atomic mass is 9.69. The SMILES string of the molecule is C.CCOc1ncccc1CN[C@@H](CN1CC[C@H](C2=CCC(Cl)C=C2)C(C)(C)C1)C(C)C.O.O.O. The lowest BCUT2D eigenvalue weighted by molar-refractivity contribution is 0.0629. The third kappa shape index (κ3) is 9.83. The minimum absolute atomic E-state index is 0. The molecule has 7 nitrogen and oxygen atoms in total. The summed E-state index contributed by atoms with van der Waals surface area (Å²) in [6.07, 6.45) is 10.8. The largest absolute Gasteiger partial charge is 0.478 e. The Morgan fingerprint density at radius 2 is 1.97 bits per heavy atom. The zero-order chi connectivity index (χ0) is 22.4. The fourth-order valence-electron chi connectivity index (χ4n) is 4.97. The van der Waals surface area contributed by atoms with Crippen LogP contribution in [-0.4, -0.2) is 64.0 Å². The molecule has 0 aromatic carbocycles. The van der Waals surface area contributed by atoms with Crippen molar-refractivity contribution in [3.63, 3.8) is 0 Å². The predicted octanol–water partition coefficient (Wildman–Crippen LogP) is 3.60. The van der Waals surface area contributed by atoms with E-state index in [1.165, 1.54) is 12.0 Å². The number of nitrogens with zero attached hydrogens (tertiary/aromatic N) is 2. The highest BCUT2D eigenvalue weighted by Crippen LogP contribution is 2.41. The first-order valence-electron chi connectivity index (χ1n) is 11.8. The molecule has 2 heterocycles. The van der Waals surface area contributed by atoms with E-state index < -0.39 is 0 Å². The number of halogens is 1. The standard InChI is InChI=1S/C26H40ClN3O.CH4.3H2O/c1-6-31-25-21(8-7-14-28-25)16-29-24(19(2)3)17-30-15-13-23(26(4,5)18-30)20-9-11-22(27)12-10-20;;;;/h7-11,14,19,22-24,29H,6,12-13,15-18H2,1-5H3;1H4;3*1H2/t22?,23-,24+;;;;/m1..../s1. The van der Waals surface area contributed by atoms with E-state index in [0.29, 0.717) is 24.5 Å². The quantitative estimate of drug-likeness (QED) is 0.503. The molecule has 1 saturated heterocycles. The molecule has 1 unspecified atom stereocenters. The van der Waals surface area contributed by atoms with E-state index in [9.17, 15) is 0 Å². The lowest BCUT2D eigenvalue weighted by Crippen LogP contribution is -2.51. The van der Waals surface area contributed by atoms with Crippen LogP contribution in [-0.2, 0) is 6.54 Å². The molecule has 2 aliphatic rings. The monoisotopic (exact) mass is 515 g/mol. The van der Waals surface area contributed by atoms with Crippen LogP contribution >= 0.6 is 11.6 Å². The molecule has 3 atom stereocenters. The molecule has 0 amide bonds. The highest BCUT2D eigenvalue weighted by Gasteiger charge is 2.38. The Morgan fingerprint density at radius 1 is 1.26 bits per heavy atom. The summed E-state index contributed by atoms with van der Waals surface area (Å²) in [7, 11) is 0. The summed E-state index contributed by atoms with van der Waals surface area (Å²) in [6, 6.07) is 4.51. The van der Waals surface area contributed by atoms with E-state index in [0.717, 1.165) is 44.0 Å². The third-order valence-electron chi connectivity index (χ3n) is 6.73. The fraction of sp³-hybridized carbons (Fsp3) is 0.667. The van der Waals surface area contributed by atoms with Gasteiger partial charge in [0.1, 0.15) is 0 Å². The van der Waals surface area contributed by atoms with Crippen LogP contribution in [0.3, 0.4) is 0 Å². The first-order chi connectivity index (χ1) is 14.8. The van der Waals surface area contributed by atoms with Crippen molar-refractivity contribution in [2.24, 2.45) is 17.3 Å². The number of ether oxygens (including phenoxy) is 1. The summed E-state index contributed by atoms with van der Waals surface area (Å²) in [5.41, 5.74) is 2.86. The number of alkyl halides is 1. The fourth-order valence-corrected chi connectivity index (χ4v) is 5.13. The lowest BCUT2D eigenvalue weighted by Gasteiger charge is -2.46. The maximum Gasteiger partial charge on any atom is 0.217 e. The van der Waals surface area contributed by atoms with Gasteiger partial charge in [0.15, 0.2) is 0 Å². The van der Waals surface area contributed by atoms with Crippen molar-refractivity contribution >= 4 is 11.6 Å². The van der Waals surface area contributed by atoms with Crippen LogP contribution in [0.15, 0.2) is 42.1 Å². The summed E-state index contributed by atoms with van der Waals surface area (Å²) >= 11 is 6.24. The molecule has 0 spiro atoms. The van der Waals surface area contributed by atoms with E-state index >= 15 is 0 Å². The van der Waals surface area contributed by atoms with Gasteiger partial charge in [0.05, 0.1) is 12.0 Å². The molecule has 0 bridgehead atoms. The number of hydrogen-bond donors (Lipinski definition) is 1. The highest BCUT2D eigenvalue weighted by atomic mass is 35.5. The Balaban J connectivity index is 0. The van der Waals surface area contributed by atoms with Gasteiger partial charge in [-0.15, -0.1) is 11.6 Å². The minimum Gasteiger partial charge on any atom is -0.478 e. The first kappa shape index (κ1) is 35.7. The van der Waals surface area contributed by atoms with Gasteiger partial charge in [0.2, 0.25) is 5.88 Å². The number of rotatable bonds is 9. The number of likely N-dealkylation sites (tertiary alicyclic amines) is 1. The van der Waals surface area contributed by atoms with Gasteiger partial charge in [-0.3, -0.25) is 0 Å². The van der Waals surface area contributed by atoms with E-state index in [1.54, 1.807) is 6.20 Å². The second-order valence-corrected chi connectivity index (χ2v) is 10.6. The van der Waals surface area contributed by atoms with Crippen molar-refractivity contribution in [3.05, 3.63) is 47.7 Å². The van der Waals surface area contributed by atoms with Gasteiger partial charge in [-0.1, -0.05) is 59.4 Å². The third-order valence-corrected chi connectivity index (χ3v) is 7.06. The van der Waals surface area contributed by atoms with Crippen molar-refractivity contribution < 1.29 is 21.2 Å². The maximum absolute atomic E-state index is 6.24. The Labute approximate surface area is 217 Å². The number of hydrogen-bond acceptors (Lipinski definition) is 4. The molecule has 0 saturated carbocycles. The number of pyridine rings is 1. The Hall–Kier alpha value is -1.48. The zero-order valence-corrected chi connectivity index (χ0v) is 22.2. The molecule has 0 radical (unpaired) electrons. The molecule has 35 heavy (non-hydrogen) atoms. The van der Waals surface area contributed by atoms with Crippen molar-refractivity contribution in [2.45, 2.75) is 72.9 Å². The van der Waals surface area contributed by atoms with Crippen LogP contribution in [0.5, 0.6) is 5.88 Å². The average Bonchev–Trinajstić information content (AvgIpc) is 2.72. The average molecular weight is 516 g/mol. The molecule has 204 valence electrons. The molecular formula is C27H50ClN3O4. The van der Waals surface area contributed by atoms with Crippen LogP contribution in [0.25, 0.3) is 0 Å². The van der Waals surface area contributed by atoms with E-state index in [4.69, 9.17) is 16.3 Å². The van der Waals surface area contributed by atoms with Crippen molar-refractivity contribution in [3.8, 4) is 5.88 Å². The Bertz CT molecular complexity index is 785. The van der Waals surface area contributed by atoms with Crippen LogP contribution in [0.1, 0.15) is 60.5 Å². The van der Waals surface area contributed by atoms with E-state index in [2.05, 4.69) is 67.2 Å². The van der Waals surface area contributed by atoms with Crippen LogP contribution in [0.4, 0.5) is 0 Å². The van der Waals surface area contributed by atoms with E-state index in [1.807, 2.05) is 13.0 Å². The number of nitrogens with one attached hydrogen (secondary N) is 1. The van der Waals surface area contributed by atoms with Gasteiger partial charge in [0.25, 0.3) is 0 Å². The summed E-state index contributed by atoms with van der Waals surface area (Å²) < 4.78 is 5.70. The molecule has 1 aliphatic heterocycles. The predicted molar refractivity (Wildman–Crippen MR) is 148 cm³/mol. The van der Waals surface area contributed by atoms with Gasteiger partial charge in [-0.25, -0.2) is 4.98 Å². The van der Waals surface area contributed by atoms with Gasteiger partial charge in [0, 0.05) is 37.4 Å². The van der Waals surface area contributed by atoms with Crippen LogP contribution < -0.4 is 10.1 Å². The number of aromatic nitrogens is 1. The van der Waals surface area contributed by atoms with Crippen molar-refractivity contribution in [2.75, 3.05) is 26.2 Å².